The van der Waals surface area contributed by atoms with Gasteiger partial charge < -0.3 is 5.73 Å². The van der Waals surface area contributed by atoms with E-state index in [9.17, 15) is 13.2 Å². The van der Waals surface area contributed by atoms with Crippen LogP contribution < -0.4 is 5.73 Å². The summed E-state index contributed by atoms with van der Waals surface area (Å²) in [7, 11) is 0. The highest BCUT2D eigenvalue weighted by Crippen LogP contribution is 2.36. The third-order valence-electron chi connectivity index (χ3n) is 3.81. The number of benzene rings is 1. The zero-order valence-electron chi connectivity index (χ0n) is 12.1. The van der Waals surface area contributed by atoms with Crippen molar-refractivity contribution in [3.63, 3.8) is 0 Å². The average Bonchev–Trinajstić information content (AvgIpc) is 2.40. The predicted octanol–water partition coefficient (Wildman–Crippen LogP) is 4.00. The van der Waals surface area contributed by atoms with Crippen LogP contribution in [0.15, 0.2) is 29.2 Å². The van der Waals surface area contributed by atoms with Crippen LogP contribution in [0.3, 0.4) is 0 Å². The fraction of sp³-hybridized carbons (Fsp3) is 0.600. The Morgan fingerprint density at radius 1 is 1.29 bits per heavy atom. The summed E-state index contributed by atoms with van der Waals surface area (Å²) in [4.78, 5) is 2.58. The van der Waals surface area contributed by atoms with E-state index in [4.69, 9.17) is 5.73 Å². The Labute approximate surface area is 127 Å². The van der Waals surface area contributed by atoms with E-state index >= 15 is 0 Å². The first-order valence-electron chi connectivity index (χ1n) is 7.19. The monoisotopic (exact) mass is 318 g/mol. The van der Waals surface area contributed by atoms with Crippen LogP contribution in [0.4, 0.5) is 13.2 Å². The van der Waals surface area contributed by atoms with Crippen molar-refractivity contribution >= 4 is 11.8 Å². The molecule has 21 heavy (non-hydrogen) atoms. The third-order valence-corrected chi connectivity index (χ3v) is 4.55. The Morgan fingerprint density at radius 3 is 2.52 bits per heavy atom. The van der Waals surface area contributed by atoms with Crippen LogP contribution in [0, 0.1) is 0 Å². The lowest BCUT2D eigenvalue weighted by Crippen LogP contribution is -2.48. The van der Waals surface area contributed by atoms with Crippen LogP contribution in [0.25, 0.3) is 0 Å². The molecule has 0 bridgehead atoms. The topological polar surface area (TPSA) is 29.3 Å². The van der Waals surface area contributed by atoms with Gasteiger partial charge in [-0.3, -0.25) is 4.90 Å². The quantitative estimate of drug-likeness (QED) is 0.851. The number of alkyl halides is 3. The first kappa shape index (κ1) is 16.6. The number of halogens is 3. The van der Waals surface area contributed by atoms with Crippen LogP contribution in [0.5, 0.6) is 0 Å². The van der Waals surface area contributed by atoms with Crippen molar-refractivity contribution in [3.05, 3.63) is 29.8 Å². The van der Waals surface area contributed by atoms with E-state index in [1.165, 1.54) is 18.6 Å². The summed E-state index contributed by atoms with van der Waals surface area (Å²) in [6.45, 7) is 3.78. The second kappa shape index (κ2) is 7.03. The van der Waals surface area contributed by atoms with Crippen molar-refractivity contribution in [1.29, 1.82) is 0 Å². The number of nitrogens with zero attached hydrogens (tertiary/aromatic N) is 1. The predicted molar refractivity (Wildman–Crippen MR) is 80.1 cm³/mol. The van der Waals surface area contributed by atoms with Gasteiger partial charge in [-0.05, 0) is 55.8 Å². The summed E-state index contributed by atoms with van der Waals surface area (Å²) in [5, 5.41) is 0. The maximum atomic E-state index is 12.3. The number of piperidine rings is 1. The van der Waals surface area contributed by atoms with Gasteiger partial charge in [0.15, 0.2) is 0 Å². The van der Waals surface area contributed by atoms with Crippen LogP contribution in [-0.2, 0) is 6.54 Å². The Balaban J connectivity index is 1.99. The molecule has 1 heterocycles. The lowest BCUT2D eigenvalue weighted by atomic mass is 9.96. The first-order valence-corrected chi connectivity index (χ1v) is 8.01. The molecular weight excluding hydrogens is 297 g/mol. The number of nitrogens with two attached hydrogens (primary N) is 1. The first-order chi connectivity index (χ1) is 9.85. The van der Waals surface area contributed by atoms with E-state index < -0.39 is 5.51 Å². The summed E-state index contributed by atoms with van der Waals surface area (Å²) in [5.41, 5.74) is 2.84. The van der Waals surface area contributed by atoms with Crippen molar-refractivity contribution in [2.24, 2.45) is 5.73 Å². The van der Waals surface area contributed by atoms with Gasteiger partial charge in [-0.1, -0.05) is 18.6 Å². The SMILES string of the molecule is CC(N)C1CCCCN1Cc1ccc(SC(F)(F)F)cc1. The number of hydrogen-bond acceptors (Lipinski definition) is 3. The molecule has 2 nitrogen and oxygen atoms in total. The summed E-state index contributed by atoms with van der Waals surface area (Å²) in [6.07, 6.45) is 3.45. The van der Waals surface area contributed by atoms with Gasteiger partial charge in [-0.2, -0.15) is 13.2 Å². The van der Waals surface area contributed by atoms with Gasteiger partial charge in [0.25, 0.3) is 0 Å². The molecule has 2 N–H and O–H groups in total. The molecule has 2 unspecified atom stereocenters. The highest BCUT2D eigenvalue weighted by Gasteiger charge is 2.29. The van der Waals surface area contributed by atoms with Crippen LogP contribution in [-0.4, -0.2) is 29.0 Å². The fourth-order valence-electron chi connectivity index (χ4n) is 2.84. The summed E-state index contributed by atoms with van der Waals surface area (Å²) >= 11 is -0.0726. The molecule has 6 heteroatoms. The van der Waals surface area contributed by atoms with E-state index in [1.807, 2.05) is 6.92 Å². The van der Waals surface area contributed by atoms with Crippen molar-refractivity contribution in [3.8, 4) is 0 Å². The molecule has 1 aromatic rings. The number of thioether (sulfide) groups is 1. The van der Waals surface area contributed by atoms with E-state index in [0.717, 1.165) is 31.5 Å². The van der Waals surface area contributed by atoms with Gasteiger partial charge in [0, 0.05) is 23.5 Å². The van der Waals surface area contributed by atoms with Gasteiger partial charge in [0.2, 0.25) is 0 Å². The zero-order chi connectivity index (χ0) is 15.5. The second-order valence-corrected chi connectivity index (χ2v) is 6.72. The zero-order valence-corrected chi connectivity index (χ0v) is 12.9. The van der Waals surface area contributed by atoms with Gasteiger partial charge in [-0.25, -0.2) is 0 Å². The largest absolute Gasteiger partial charge is 0.446 e. The number of likely N-dealkylation sites (tertiary alicyclic amines) is 1. The molecule has 1 aromatic carbocycles. The molecule has 118 valence electrons. The Bertz CT molecular complexity index is 445. The molecular formula is C15H21F3N2S. The molecule has 0 spiro atoms. The molecule has 1 saturated heterocycles. The summed E-state index contributed by atoms with van der Waals surface area (Å²) < 4.78 is 36.9. The van der Waals surface area contributed by atoms with Crippen molar-refractivity contribution < 1.29 is 13.2 Å². The Kier molecular flexibility index (Phi) is 5.57. The standard InChI is InChI=1S/C15H21F3N2S/c1-11(19)14-4-2-3-9-20(14)10-12-5-7-13(8-6-12)21-15(16,17)18/h5-8,11,14H,2-4,9-10,19H2,1H3. The number of hydrogen-bond donors (Lipinski definition) is 1. The third kappa shape index (κ3) is 5.20. The van der Waals surface area contributed by atoms with Crippen LogP contribution >= 0.6 is 11.8 Å². The lowest BCUT2D eigenvalue weighted by Gasteiger charge is -2.38. The van der Waals surface area contributed by atoms with Crippen LogP contribution in [0.1, 0.15) is 31.7 Å². The lowest BCUT2D eigenvalue weighted by molar-refractivity contribution is -0.0328. The minimum atomic E-state index is -4.23. The van der Waals surface area contributed by atoms with Crippen molar-refractivity contribution in [1.82, 2.24) is 4.90 Å². The highest BCUT2D eigenvalue weighted by molar-refractivity contribution is 8.00. The van der Waals surface area contributed by atoms with E-state index in [2.05, 4.69) is 4.90 Å². The van der Waals surface area contributed by atoms with E-state index in [0.29, 0.717) is 6.04 Å². The van der Waals surface area contributed by atoms with E-state index in [1.54, 1.807) is 12.1 Å². The molecule has 1 aliphatic heterocycles. The average molecular weight is 318 g/mol. The Morgan fingerprint density at radius 2 is 1.95 bits per heavy atom. The second-order valence-electron chi connectivity index (χ2n) is 5.58. The molecule has 0 saturated carbocycles. The normalized spacial score (nSPS) is 22.2. The molecule has 1 fully saturated rings. The Hall–Kier alpha value is -0.720. The molecule has 0 aromatic heterocycles. The molecule has 0 radical (unpaired) electrons. The molecule has 2 rings (SSSR count). The molecule has 2 atom stereocenters. The van der Waals surface area contributed by atoms with Gasteiger partial charge in [0.1, 0.15) is 0 Å². The van der Waals surface area contributed by atoms with E-state index in [-0.39, 0.29) is 22.7 Å². The molecule has 1 aliphatic rings. The molecule has 0 amide bonds. The smallest absolute Gasteiger partial charge is 0.327 e. The van der Waals surface area contributed by atoms with Gasteiger partial charge >= 0.3 is 5.51 Å². The van der Waals surface area contributed by atoms with Crippen LogP contribution in [0.2, 0.25) is 0 Å². The maximum absolute atomic E-state index is 12.3. The highest BCUT2D eigenvalue weighted by atomic mass is 32.2. The minimum absolute atomic E-state index is 0.0726. The summed E-state index contributed by atoms with van der Waals surface area (Å²) in [6, 6.07) is 7.12. The van der Waals surface area contributed by atoms with Crippen molar-refractivity contribution in [2.75, 3.05) is 6.54 Å². The molecule has 0 aliphatic carbocycles. The maximum Gasteiger partial charge on any atom is 0.446 e. The number of rotatable bonds is 4. The summed E-state index contributed by atoms with van der Waals surface area (Å²) in [5.74, 6) is 0. The fourth-order valence-corrected chi connectivity index (χ4v) is 3.38. The van der Waals surface area contributed by atoms with Crippen molar-refractivity contribution in [2.45, 2.75) is 55.2 Å². The van der Waals surface area contributed by atoms with Gasteiger partial charge in [0.05, 0.1) is 0 Å². The minimum Gasteiger partial charge on any atom is -0.327 e. The van der Waals surface area contributed by atoms with Gasteiger partial charge in [-0.15, -0.1) is 0 Å².